The lowest BCUT2D eigenvalue weighted by atomic mass is 10.2. The lowest BCUT2D eigenvalue weighted by Crippen LogP contribution is -2.14. The summed E-state index contributed by atoms with van der Waals surface area (Å²) in [7, 11) is -2.67. The summed E-state index contributed by atoms with van der Waals surface area (Å²) in [5.74, 6) is -0.918. The third kappa shape index (κ3) is 3.18. The SMILES string of the molecule is COC(=O)c1ccc(S(=O)(=O)Nc2nc3ccc(F)cn3c2C)cc1. The lowest BCUT2D eigenvalue weighted by Gasteiger charge is -2.07. The fourth-order valence-electron chi connectivity index (χ4n) is 2.31. The highest BCUT2D eigenvalue weighted by Gasteiger charge is 2.19. The molecule has 25 heavy (non-hydrogen) atoms. The molecule has 130 valence electrons. The number of carbonyl (C=O) groups is 1. The van der Waals surface area contributed by atoms with Crippen LogP contribution in [0.25, 0.3) is 5.65 Å². The van der Waals surface area contributed by atoms with Crippen molar-refractivity contribution < 1.29 is 22.3 Å². The monoisotopic (exact) mass is 363 g/mol. The molecule has 0 saturated heterocycles. The fraction of sp³-hybridized carbons (Fsp3) is 0.125. The number of carbonyl (C=O) groups excluding carboxylic acids is 1. The maximum Gasteiger partial charge on any atom is 0.337 e. The van der Waals surface area contributed by atoms with Crippen molar-refractivity contribution in [3.8, 4) is 0 Å². The Labute approximate surface area is 143 Å². The topological polar surface area (TPSA) is 89.8 Å². The summed E-state index contributed by atoms with van der Waals surface area (Å²) in [5.41, 5.74) is 1.10. The summed E-state index contributed by atoms with van der Waals surface area (Å²) >= 11 is 0. The number of nitrogens with one attached hydrogen (secondary N) is 1. The van der Waals surface area contributed by atoms with Crippen molar-refractivity contribution in [2.75, 3.05) is 11.8 Å². The first-order valence-electron chi connectivity index (χ1n) is 7.17. The second-order valence-corrected chi connectivity index (χ2v) is 6.93. The molecule has 1 aromatic carbocycles. The first-order chi connectivity index (χ1) is 11.8. The van der Waals surface area contributed by atoms with Gasteiger partial charge >= 0.3 is 5.97 Å². The standard InChI is InChI=1S/C16H14FN3O4S/c1-10-15(18-14-8-5-12(17)9-20(10)14)19-25(22,23)13-6-3-11(4-7-13)16(21)24-2/h3-9,19H,1-2H3. The zero-order valence-electron chi connectivity index (χ0n) is 13.4. The number of ether oxygens (including phenoxy) is 1. The number of aromatic nitrogens is 2. The van der Waals surface area contributed by atoms with Crippen LogP contribution >= 0.6 is 0 Å². The van der Waals surface area contributed by atoms with Gasteiger partial charge in [-0.25, -0.2) is 22.6 Å². The van der Waals surface area contributed by atoms with Crippen LogP contribution in [-0.4, -0.2) is 30.9 Å². The molecule has 0 amide bonds. The van der Waals surface area contributed by atoms with Crippen molar-refractivity contribution in [3.05, 3.63) is 59.7 Å². The first kappa shape index (κ1) is 16.9. The summed E-state index contributed by atoms with van der Waals surface area (Å²) in [6.07, 6.45) is 1.22. The van der Waals surface area contributed by atoms with Gasteiger partial charge in [0.1, 0.15) is 11.5 Å². The summed E-state index contributed by atoms with van der Waals surface area (Å²) in [6, 6.07) is 7.98. The second kappa shape index (κ2) is 6.17. The van der Waals surface area contributed by atoms with Crippen molar-refractivity contribution in [3.63, 3.8) is 0 Å². The molecule has 0 saturated carbocycles. The number of anilines is 1. The minimum atomic E-state index is -3.91. The Morgan fingerprint density at radius 2 is 1.88 bits per heavy atom. The number of benzene rings is 1. The Balaban J connectivity index is 1.94. The van der Waals surface area contributed by atoms with Crippen LogP contribution in [0, 0.1) is 12.7 Å². The maximum atomic E-state index is 13.3. The summed E-state index contributed by atoms with van der Waals surface area (Å²) in [6.45, 7) is 1.62. The van der Waals surface area contributed by atoms with Crippen molar-refractivity contribution in [1.29, 1.82) is 0 Å². The Hall–Kier alpha value is -2.94. The van der Waals surface area contributed by atoms with Crippen molar-refractivity contribution >= 4 is 27.5 Å². The number of hydrogen-bond donors (Lipinski definition) is 1. The average molecular weight is 363 g/mol. The molecule has 0 atom stereocenters. The summed E-state index contributed by atoms with van der Waals surface area (Å²) in [4.78, 5) is 15.5. The minimum Gasteiger partial charge on any atom is -0.465 e. The van der Waals surface area contributed by atoms with Gasteiger partial charge < -0.3 is 4.74 Å². The van der Waals surface area contributed by atoms with E-state index in [2.05, 4.69) is 14.4 Å². The van der Waals surface area contributed by atoms with E-state index in [0.29, 0.717) is 11.3 Å². The lowest BCUT2D eigenvalue weighted by molar-refractivity contribution is 0.0600. The van der Waals surface area contributed by atoms with Gasteiger partial charge in [0.25, 0.3) is 10.0 Å². The van der Waals surface area contributed by atoms with Gasteiger partial charge in [0, 0.05) is 6.20 Å². The number of sulfonamides is 1. The van der Waals surface area contributed by atoms with Crippen LogP contribution in [0.3, 0.4) is 0 Å². The van der Waals surface area contributed by atoms with E-state index in [1.54, 1.807) is 6.92 Å². The van der Waals surface area contributed by atoms with Crippen LogP contribution in [0.5, 0.6) is 0 Å². The highest BCUT2D eigenvalue weighted by molar-refractivity contribution is 7.92. The van der Waals surface area contributed by atoms with Crippen LogP contribution in [0.15, 0.2) is 47.5 Å². The van der Waals surface area contributed by atoms with E-state index in [9.17, 15) is 17.6 Å². The molecule has 3 rings (SSSR count). The van der Waals surface area contributed by atoms with Gasteiger partial charge in [0.2, 0.25) is 0 Å². The molecule has 1 N–H and O–H groups in total. The number of esters is 1. The number of fused-ring (bicyclic) bond motifs is 1. The number of pyridine rings is 1. The molecule has 9 heteroatoms. The molecular formula is C16H14FN3O4S. The van der Waals surface area contributed by atoms with Crippen LogP contribution < -0.4 is 4.72 Å². The molecule has 0 aliphatic heterocycles. The predicted octanol–water partition coefficient (Wildman–Crippen LogP) is 2.37. The summed E-state index contributed by atoms with van der Waals surface area (Å²) in [5, 5.41) is 0. The second-order valence-electron chi connectivity index (χ2n) is 5.24. The number of methoxy groups -OCH3 is 1. The van der Waals surface area contributed by atoms with Gasteiger partial charge in [-0.1, -0.05) is 0 Å². The number of rotatable bonds is 4. The van der Waals surface area contributed by atoms with E-state index in [4.69, 9.17) is 0 Å². The smallest absolute Gasteiger partial charge is 0.337 e. The molecule has 3 aromatic rings. The van der Waals surface area contributed by atoms with E-state index < -0.39 is 21.8 Å². The zero-order valence-corrected chi connectivity index (χ0v) is 14.2. The third-order valence-electron chi connectivity index (χ3n) is 3.64. The molecule has 2 heterocycles. The van der Waals surface area contributed by atoms with E-state index in [1.807, 2.05) is 0 Å². The summed E-state index contributed by atoms with van der Waals surface area (Å²) < 4.78 is 46.7. The predicted molar refractivity (Wildman–Crippen MR) is 88.5 cm³/mol. The highest BCUT2D eigenvalue weighted by Crippen LogP contribution is 2.21. The molecule has 0 spiro atoms. The molecule has 0 unspecified atom stereocenters. The van der Waals surface area contributed by atoms with E-state index >= 15 is 0 Å². The van der Waals surface area contributed by atoms with Crippen LogP contribution in [0.4, 0.5) is 10.2 Å². The van der Waals surface area contributed by atoms with Crippen LogP contribution in [0.2, 0.25) is 0 Å². The number of hydrogen-bond acceptors (Lipinski definition) is 5. The van der Waals surface area contributed by atoms with Crippen molar-refractivity contribution in [1.82, 2.24) is 9.38 Å². The number of imidazole rings is 1. The van der Waals surface area contributed by atoms with Gasteiger partial charge in [-0.15, -0.1) is 0 Å². The number of halogens is 1. The first-order valence-corrected chi connectivity index (χ1v) is 8.65. The molecule has 2 aromatic heterocycles. The Bertz CT molecular complexity index is 1060. The molecule has 0 fully saturated rings. The molecular weight excluding hydrogens is 349 g/mol. The average Bonchev–Trinajstić information content (AvgIpc) is 2.89. The van der Waals surface area contributed by atoms with Gasteiger partial charge in [-0.2, -0.15) is 0 Å². The Kier molecular flexibility index (Phi) is 4.17. The minimum absolute atomic E-state index is 0.0391. The maximum absolute atomic E-state index is 13.3. The van der Waals surface area contributed by atoms with Gasteiger partial charge in [-0.3, -0.25) is 9.12 Å². The number of aryl methyl sites for hydroxylation is 1. The van der Waals surface area contributed by atoms with Gasteiger partial charge in [0.05, 0.1) is 23.3 Å². The van der Waals surface area contributed by atoms with Gasteiger partial charge in [-0.05, 0) is 43.3 Å². The molecule has 0 aliphatic rings. The van der Waals surface area contributed by atoms with Crippen LogP contribution in [-0.2, 0) is 14.8 Å². The zero-order chi connectivity index (χ0) is 18.2. The largest absolute Gasteiger partial charge is 0.465 e. The number of nitrogens with zero attached hydrogens (tertiary/aromatic N) is 2. The quantitative estimate of drug-likeness (QED) is 0.719. The Morgan fingerprint density at radius 1 is 1.20 bits per heavy atom. The van der Waals surface area contributed by atoms with E-state index in [1.165, 1.54) is 54.1 Å². The van der Waals surface area contributed by atoms with Crippen molar-refractivity contribution in [2.24, 2.45) is 0 Å². The molecule has 0 radical (unpaired) electrons. The normalized spacial score (nSPS) is 11.5. The third-order valence-corrected chi connectivity index (χ3v) is 4.99. The van der Waals surface area contributed by atoms with Gasteiger partial charge in [0.15, 0.2) is 5.82 Å². The van der Waals surface area contributed by atoms with Crippen molar-refractivity contribution in [2.45, 2.75) is 11.8 Å². The van der Waals surface area contributed by atoms with E-state index in [-0.39, 0.29) is 16.3 Å². The van der Waals surface area contributed by atoms with E-state index in [0.717, 1.165) is 0 Å². The fourth-order valence-corrected chi connectivity index (χ4v) is 3.37. The Morgan fingerprint density at radius 3 is 2.52 bits per heavy atom. The highest BCUT2D eigenvalue weighted by atomic mass is 32.2. The molecule has 7 nitrogen and oxygen atoms in total. The molecule has 0 aliphatic carbocycles. The molecule has 0 bridgehead atoms. The van der Waals surface area contributed by atoms with Crippen LogP contribution in [0.1, 0.15) is 16.1 Å².